The maximum absolute atomic E-state index is 6.17. The average molecular weight is 313 g/mol. The minimum absolute atomic E-state index is 0.689. The molecule has 112 valence electrons. The molecule has 0 N–H and O–H groups in total. The molecule has 0 saturated heterocycles. The summed E-state index contributed by atoms with van der Waals surface area (Å²) in [6.07, 6.45) is 1.05. The van der Waals surface area contributed by atoms with Crippen molar-refractivity contribution in [3.05, 3.63) is 18.2 Å². The summed E-state index contributed by atoms with van der Waals surface area (Å²) in [6, 6.07) is 7.32. The van der Waals surface area contributed by atoms with Crippen LogP contribution in [0.2, 0.25) is 6.04 Å². The van der Waals surface area contributed by atoms with Crippen LogP contribution in [0.5, 0.6) is 0 Å². The number of hydrogen-bond acceptors (Lipinski definition) is 4. The van der Waals surface area contributed by atoms with Crippen LogP contribution in [0, 0.1) is 0 Å². The molecule has 5 heteroatoms. The Kier molecular flexibility index (Phi) is 6.11. The highest BCUT2D eigenvalue weighted by molar-refractivity contribution is 8.05. The topological polar surface area (TPSA) is 27.7 Å². The first-order chi connectivity index (χ1) is 9.77. The van der Waals surface area contributed by atoms with Crippen LogP contribution in [0.15, 0.2) is 28.0 Å². The first-order valence-corrected chi connectivity index (χ1v) is 10.3. The molecular weight excluding hydrogens is 288 g/mol. The SMILES string of the molecule is CCCOCC[Si](OCC)(OCC)c1cccc2c1S2. The van der Waals surface area contributed by atoms with E-state index < -0.39 is 8.56 Å². The first kappa shape index (κ1) is 16.0. The molecule has 0 spiro atoms. The summed E-state index contributed by atoms with van der Waals surface area (Å²) in [5.41, 5.74) is 0. The van der Waals surface area contributed by atoms with E-state index in [9.17, 15) is 0 Å². The molecule has 0 saturated carbocycles. The Bertz CT molecular complexity index is 433. The fourth-order valence-electron chi connectivity index (χ4n) is 2.38. The Labute approximate surface area is 127 Å². The van der Waals surface area contributed by atoms with Gasteiger partial charge >= 0.3 is 8.56 Å². The van der Waals surface area contributed by atoms with Gasteiger partial charge in [0.15, 0.2) is 0 Å². The molecule has 2 rings (SSSR count). The van der Waals surface area contributed by atoms with Gasteiger partial charge in [-0.1, -0.05) is 30.8 Å². The predicted octanol–water partition coefficient (Wildman–Crippen LogP) is 3.30. The van der Waals surface area contributed by atoms with E-state index in [4.69, 9.17) is 13.6 Å². The van der Waals surface area contributed by atoms with Crippen LogP contribution in [-0.4, -0.2) is 35.0 Å². The zero-order valence-corrected chi connectivity index (χ0v) is 14.4. The lowest BCUT2D eigenvalue weighted by molar-refractivity contribution is 0.130. The van der Waals surface area contributed by atoms with Crippen molar-refractivity contribution in [2.75, 3.05) is 26.4 Å². The van der Waals surface area contributed by atoms with Crippen LogP contribution < -0.4 is 5.19 Å². The molecule has 0 amide bonds. The molecule has 0 radical (unpaired) electrons. The van der Waals surface area contributed by atoms with Crippen LogP contribution in [0.25, 0.3) is 0 Å². The number of rotatable bonds is 10. The van der Waals surface area contributed by atoms with Gasteiger partial charge in [0, 0.05) is 47.4 Å². The third kappa shape index (κ3) is 3.65. The van der Waals surface area contributed by atoms with Gasteiger partial charge in [-0.25, -0.2) is 0 Å². The van der Waals surface area contributed by atoms with Crippen molar-refractivity contribution >= 4 is 25.5 Å². The summed E-state index contributed by atoms with van der Waals surface area (Å²) >= 11 is 1.84. The van der Waals surface area contributed by atoms with E-state index in [1.165, 1.54) is 15.0 Å². The van der Waals surface area contributed by atoms with Crippen LogP contribution >= 0.6 is 11.8 Å². The van der Waals surface area contributed by atoms with Crippen molar-refractivity contribution in [3.8, 4) is 0 Å². The fraction of sp³-hybridized carbons (Fsp3) is 0.600. The maximum atomic E-state index is 6.17. The number of fused-ring (bicyclic) bond motifs is 1. The van der Waals surface area contributed by atoms with Gasteiger partial charge in [0.1, 0.15) is 0 Å². The maximum Gasteiger partial charge on any atom is 0.376 e. The van der Waals surface area contributed by atoms with Gasteiger partial charge in [-0.15, -0.1) is 0 Å². The van der Waals surface area contributed by atoms with Crippen molar-refractivity contribution < 1.29 is 13.6 Å². The minimum atomic E-state index is -2.36. The highest BCUT2D eigenvalue weighted by Gasteiger charge is 2.44. The number of benzene rings is 1. The van der Waals surface area contributed by atoms with E-state index in [2.05, 4.69) is 25.1 Å². The normalized spacial score (nSPS) is 13.3. The summed E-state index contributed by atoms with van der Waals surface area (Å²) in [7, 11) is -2.36. The molecule has 0 unspecified atom stereocenters. The smallest absolute Gasteiger partial charge is 0.376 e. The average Bonchev–Trinajstić information content (AvgIpc) is 3.23. The Morgan fingerprint density at radius 1 is 1.05 bits per heavy atom. The molecule has 1 aliphatic heterocycles. The Balaban J connectivity index is 2.16. The summed E-state index contributed by atoms with van der Waals surface area (Å²) in [5, 5.41) is 1.30. The van der Waals surface area contributed by atoms with Crippen molar-refractivity contribution in [2.45, 2.75) is 43.0 Å². The molecule has 1 aromatic rings. The molecule has 0 aliphatic carbocycles. The summed E-state index contributed by atoms with van der Waals surface area (Å²) in [4.78, 5) is 2.74. The molecule has 1 aromatic carbocycles. The quantitative estimate of drug-likeness (QED) is 0.382. The van der Waals surface area contributed by atoms with Gasteiger partial charge in [-0.3, -0.25) is 0 Å². The van der Waals surface area contributed by atoms with E-state index in [1.54, 1.807) is 0 Å². The molecule has 1 heterocycles. The van der Waals surface area contributed by atoms with Crippen molar-refractivity contribution in [1.82, 2.24) is 0 Å². The number of ether oxygens (including phenoxy) is 1. The van der Waals surface area contributed by atoms with Crippen molar-refractivity contribution in [3.63, 3.8) is 0 Å². The summed E-state index contributed by atoms with van der Waals surface area (Å²) in [5.74, 6) is 0. The third-order valence-corrected chi connectivity index (χ3v) is 8.03. The zero-order valence-electron chi connectivity index (χ0n) is 12.6. The van der Waals surface area contributed by atoms with Crippen molar-refractivity contribution in [2.24, 2.45) is 0 Å². The van der Waals surface area contributed by atoms with E-state index in [1.807, 2.05) is 25.6 Å². The highest BCUT2D eigenvalue weighted by atomic mass is 32.2. The Morgan fingerprint density at radius 2 is 1.80 bits per heavy atom. The fourth-order valence-corrected chi connectivity index (χ4v) is 6.90. The molecule has 1 aliphatic rings. The van der Waals surface area contributed by atoms with Crippen LogP contribution in [0.1, 0.15) is 27.2 Å². The lowest BCUT2D eigenvalue weighted by Crippen LogP contribution is -2.54. The predicted molar refractivity (Wildman–Crippen MR) is 85.1 cm³/mol. The molecule has 0 aromatic heterocycles. The molecule has 20 heavy (non-hydrogen) atoms. The van der Waals surface area contributed by atoms with E-state index >= 15 is 0 Å². The molecular formula is C15H24O3SSi. The molecule has 3 nitrogen and oxygen atoms in total. The summed E-state index contributed by atoms with van der Waals surface area (Å²) < 4.78 is 18.0. The van der Waals surface area contributed by atoms with Crippen LogP contribution in [0.4, 0.5) is 0 Å². The molecule has 0 atom stereocenters. The molecule has 0 bridgehead atoms. The summed E-state index contributed by atoms with van der Waals surface area (Å²) in [6.45, 7) is 9.12. The largest absolute Gasteiger partial charge is 0.391 e. The number of hydrogen-bond donors (Lipinski definition) is 0. The second kappa shape index (κ2) is 7.61. The third-order valence-electron chi connectivity index (χ3n) is 3.24. The van der Waals surface area contributed by atoms with E-state index in [0.717, 1.165) is 19.1 Å². The second-order valence-corrected chi connectivity index (χ2v) is 8.89. The Morgan fingerprint density at radius 3 is 2.45 bits per heavy atom. The first-order valence-electron chi connectivity index (χ1n) is 7.44. The van der Waals surface area contributed by atoms with Crippen LogP contribution in [0.3, 0.4) is 0 Å². The molecule has 0 fully saturated rings. The zero-order chi connectivity index (χ0) is 14.4. The van der Waals surface area contributed by atoms with Gasteiger partial charge in [0.25, 0.3) is 0 Å². The monoisotopic (exact) mass is 312 g/mol. The van der Waals surface area contributed by atoms with E-state index in [-0.39, 0.29) is 0 Å². The van der Waals surface area contributed by atoms with Gasteiger partial charge < -0.3 is 13.6 Å². The van der Waals surface area contributed by atoms with Gasteiger partial charge in [-0.05, 0) is 26.3 Å². The minimum Gasteiger partial charge on any atom is -0.391 e. The second-order valence-electron chi connectivity index (χ2n) is 4.72. The lowest BCUT2D eigenvalue weighted by Gasteiger charge is -2.30. The van der Waals surface area contributed by atoms with Crippen LogP contribution in [-0.2, 0) is 13.6 Å². The van der Waals surface area contributed by atoms with Gasteiger partial charge in [0.2, 0.25) is 0 Å². The van der Waals surface area contributed by atoms with Gasteiger partial charge in [-0.2, -0.15) is 0 Å². The standard InChI is InChI=1S/C15H24O3SSi/c1-4-10-16-11-12-20(17-5-2,18-6-3)14-9-7-8-13-15(14)19-13/h7-9H,4-6,10-12H2,1-3H3. The van der Waals surface area contributed by atoms with Gasteiger partial charge in [0.05, 0.1) is 0 Å². The Hall–Kier alpha value is -0.333. The highest BCUT2D eigenvalue weighted by Crippen LogP contribution is 2.47. The van der Waals surface area contributed by atoms with Crippen molar-refractivity contribution in [1.29, 1.82) is 0 Å². The lowest BCUT2D eigenvalue weighted by atomic mass is 10.4. The van der Waals surface area contributed by atoms with E-state index in [0.29, 0.717) is 19.8 Å².